The molecule has 0 bridgehead atoms. The summed E-state index contributed by atoms with van der Waals surface area (Å²) in [5.41, 5.74) is 0.905. The second kappa shape index (κ2) is 7.17. The van der Waals surface area contributed by atoms with Crippen LogP contribution in [0.5, 0.6) is 17.2 Å². The van der Waals surface area contributed by atoms with Gasteiger partial charge in [0.1, 0.15) is 0 Å². The third-order valence-electron chi connectivity index (χ3n) is 3.22. The zero-order valence-corrected chi connectivity index (χ0v) is 13.9. The van der Waals surface area contributed by atoms with E-state index >= 15 is 0 Å². The average Bonchev–Trinajstić information content (AvgIpc) is 3.07. The van der Waals surface area contributed by atoms with Crippen molar-refractivity contribution in [3.63, 3.8) is 0 Å². The minimum Gasteiger partial charge on any atom is -0.493 e. The molecule has 0 spiro atoms. The molecule has 0 fully saturated rings. The molecule has 2 aromatic rings. The molecule has 1 aromatic heterocycles. The van der Waals surface area contributed by atoms with Gasteiger partial charge in [0.05, 0.1) is 26.2 Å². The number of carbonyl (C=O) groups excluding carboxylic acids is 1. The standard InChI is InChI=1S/C16H19NO4S/c1-17(16(18)14-6-5-7-22-14)10-11-8-12(19-2)15(21-4)13(9-11)20-3/h5-9H,10H2,1-4H3. The lowest BCUT2D eigenvalue weighted by Gasteiger charge is -2.19. The van der Waals surface area contributed by atoms with Crippen LogP contribution in [-0.2, 0) is 6.54 Å². The molecule has 0 atom stereocenters. The summed E-state index contributed by atoms with van der Waals surface area (Å²) < 4.78 is 16.0. The SMILES string of the molecule is COc1cc(CN(C)C(=O)c2cccs2)cc(OC)c1OC. The number of rotatable bonds is 6. The predicted octanol–water partition coefficient (Wildman–Crippen LogP) is 3.05. The second-order valence-electron chi connectivity index (χ2n) is 4.67. The van der Waals surface area contributed by atoms with Crippen LogP contribution >= 0.6 is 11.3 Å². The summed E-state index contributed by atoms with van der Waals surface area (Å²) >= 11 is 1.43. The number of methoxy groups -OCH3 is 3. The van der Waals surface area contributed by atoms with E-state index in [0.29, 0.717) is 23.8 Å². The molecule has 0 N–H and O–H groups in total. The Morgan fingerprint density at radius 2 is 1.77 bits per heavy atom. The van der Waals surface area contributed by atoms with E-state index in [1.54, 1.807) is 33.3 Å². The lowest BCUT2D eigenvalue weighted by atomic mass is 10.1. The molecule has 1 heterocycles. The first-order valence-electron chi connectivity index (χ1n) is 6.68. The van der Waals surface area contributed by atoms with Gasteiger partial charge in [0, 0.05) is 13.6 Å². The van der Waals surface area contributed by atoms with Gasteiger partial charge in [0.15, 0.2) is 11.5 Å². The largest absolute Gasteiger partial charge is 0.493 e. The highest BCUT2D eigenvalue weighted by atomic mass is 32.1. The molecule has 22 heavy (non-hydrogen) atoms. The van der Waals surface area contributed by atoms with Gasteiger partial charge >= 0.3 is 0 Å². The van der Waals surface area contributed by atoms with Gasteiger partial charge in [-0.2, -0.15) is 0 Å². The molecule has 118 valence electrons. The Labute approximate surface area is 134 Å². The molecule has 0 radical (unpaired) electrons. The quantitative estimate of drug-likeness (QED) is 0.820. The molecule has 6 heteroatoms. The number of hydrogen-bond acceptors (Lipinski definition) is 5. The van der Waals surface area contributed by atoms with E-state index in [0.717, 1.165) is 10.4 Å². The van der Waals surface area contributed by atoms with Gasteiger partial charge in [-0.25, -0.2) is 0 Å². The number of amides is 1. The van der Waals surface area contributed by atoms with Crippen LogP contribution in [0.4, 0.5) is 0 Å². The number of thiophene rings is 1. The van der Waals surface area contributed by atoms with Crippen LogP contribution in [0.3, 0.4) is 0 Å². The van der Waals surface area contributed by atoms with E-state index < -0.39 is 0 Å². The van der Waals surface area contributed by atoms with E-state index in [-0.39, 0.29) is 5.91 Å². The number of hydrogen-bond donors (Lipinski definition) is 0. The first-order valence-corrected chi connectivity index (χ1v) is 7.56. The van der Waals surface area contributed by atoms with Crippen molar-refractivity contribution in [2.24, 2.45) is 0 Å². The van der Waals surface area contributed by atoms with Gasteiger partial charge in [0.25, 0.3) is 5.91 Å². The second-order valence-corrected chi connectivity index (χ2v) is 5.62. The van der Waals surface area contributed by atoms with Gasteiger partial charge in [-0.1, -0.05) is 6.07 Å². The maximum absolute atomic E-state index is 12.3. The number of ether oxygens (including phenoxy) is 3. The van der Waals surface area contributed by atoms with Crippen molar-refractivity contribution in [3.8, 4) is 17.2 Å². The Morgan fingerprint density at radius 3 is 2.23 bits per heavy atom. The first kappa shape index (κ1) is 16.2. The summed E-state index contributed by atoms with van der Waals surface area (Å²) in [5.74, 6) is 1.69. The van der Waals surface area contributed by atoms with Crippen molar-refractivity contribution in [1.82, 2.24) is 4.90 Å². The van der Waals surface area contributed by atoms with Gasteiger partial charge < -0.3 is 19.1 Å². The van der Waals surface area contributed by atoms with Crippen LogP contribution in [0.2, 0.25) is 0 Å². The van der Waals surface area contributed by atoms with Crippen molar-refractivity contribution in [2.75, 3.05) is 28.4 Å². The van der Waals surface area contributed by atoms with Crippen molar-refractivity contribution in [1.29, 1.82) is 0 Å². The highest BCUT2D eigenvalue weighted by Crippen LogP contribution is 2.38. The maximum Gasteiger partial charge on any atom is 0.263 e. The van der Waals surface area contributed by atoms with Crippen molar-refractivity contribution in [3.05, 3.63) is 40.1 Å². The van der Waals surface area contributed by atoms with Crippen molar-refractivity contribution < 1.29 is 19.0 Å². The van der Waals surface area contributed by atoms with E-state index in [1.165, 1.54) is 11.3 Å². The number of nitrogens with zero attached hydrogens (tertiary/aromatic N) is 1. The summed E-state index contributed by atoms with van der Waals surface area (Å²) in [6.07, 6.45) is 0. The highest BCUT2D eigenvalue weighted by Gasteiger charge is 2.17. The zero-order chi connectivity index (χ0) is 16.1. The zero-order valence-electron chi connectivity index (χ0n) is 13.1. The summed E-state index contributed by atoms with van der Waals surface area (Å²) in [6.45, 7) is 0.452. The van der Waals surface area contributed by atoms with Gasteiger partial charge in [-0.3, -0.25) is 4.79 Å². The molecule has 0 saturated carbocycles. The normalized spacial score (nSPS) is 10.2. The first-order chi connectivity index (χ1) is 10.6. The van der Waals surface area contributed by atoms with E-state index in [4.69, 9.17) is 14.2 Å². The average molecular weight is 321 g/mol. The third-order valence-corrected chi connectivity index (χ3v) is 4.08. The Hall–Kier alpha value is -2.21. The molecule has 5 nitrogen and oxygen atoms in total. The summed E-state index contributed by atoms with van der Waals surface area (Å²) in [6, 6.07) is 7.38. The molecule has 0 saturated heterocycles. The van der Waals surface area contributed by atoms with E-state index in [1.807, 2.05) is 29.6 Å². The summed E-state index contributed by atoms with van der Waals surface area (Å²) in [4.78, 5) is 14.7. The molecule has 2 rings (SSSR count). The minimum atomic E-state index is -0.0104. The predicted molar refractivity (Wildman–Crippen MR) is 86.2 cm³/mol. The Bertz CT molecular complexity index is 615. The van der Waals surface area contributed by atoms with Crippen LogP contribution in [0.25, 0.3) is 0 Å². The van der Waals surface area contributed by atoms with Crippen LogP contribution in [0.15, 0.2) is 29.6 Å². The lowest BCUT2D eigenvalue weighted by Crippen LogP contribution is -2.25. The minimum absolute atomic E-state index is 0.0104. The Balaban J connectivity index is 2.24. The monoisotopic (exact) mass is 321 g/mol. The van der Waals surface area contributed by atoms with Gasteiger partial charge in [-0.15, -0.1) is 11.3 Å². The van der Waals surface area contributed by atoms with E-state index in [2.05, 4.69) is 0 Å². The molecule has 0 aliphatic heterocycles. The fraction of sp³-hybridized carbons (Fsp3) is 0.312. The van der Waals surface area contributed by atoms with E-state index in [9.17, 15) is 4.79 Å². The van der Waals surface area contributed by atoms with Crippen LogP contribution < -0.4 is 14.2 Å². The van der Waals surface area contributed by atoms with Crippen LogP contribution in [-0.4, -0.2) is 39.2 Å². The van der Waals surface area contributed by atoms with Crippen molar-refractivity contribution >= 4 is 17.2 Å². The molecular formula is C16H19NO4S. The van der Waals surface area contributed by atoms with Crippen LogP contribution in [0.1, 0.15) is 15.2 Å². The molecule has 0 unspecified atom stereocenters. The third kappa shape index (κ3) is 3.33. The maximum atomic E-state index is 12.3. The summed E-state index contributed by atoms with van der Waals surface area (Å²) in [7, 11) is 6.47. The van der Waals surface area contributed by atoms with Crippen LogP contribution in [0, 0.1) is 0 Å². The molecular weight excluding hydrogens is 302 g/mol. The Morgan fingerprint density at radius 1 is 1.14 bits per heavy atom. The smallest absolute Gasteiger partial charge is 0.263 e. The number of carbonyl (C=O) groups is 1. The highest BCUT2D eigenvalue weighted by molar-refractivity contribution is 7.12. The van der Waals surface area contributed by atoms with Gasteiger partial charge in [-0.05, 0) is 29.1 Å². The molecule has 1 amide bonds. The van der Waals surface area contributed by atoms with Crippen molar-refractivity contribution in [2.45, 2.75) is 6.54 Å². The lowest BCUT2D eigenvalue weighted by molar-refractivity contribution is 0.0789. The van der Waals surface area contributed by atoms with Gasteiger partial charge in [0.2, 0.25) is 5.75 Å². The molecule has 1 aromatic carbocycles. The molecule has 0 aliphatic carbocycles. The fourth-order valence-electron chi connectivity index (χ4n) is 2.16. The summed E-state index contributed by atoms with van der Waals surface area (Å²) in [5, 5.41) is 1.89. The topological polar surface area (TPSA) is 48.0 Å². The number of benzene rings is 1. The molecule has 0 aliphatic rings. The fourth-order valence-corrected chi connectivity index (χ4v) is 2.88. The Kier molecular flexibility index (Phi) is 5.27.